The van der Waals surface area contributed by atoms with Gasteiger partial charge in [-0.05, 0) is 24.6 Å². The molecule has 0 saturated carbocycles. The zero-order chi connectivity index (χ0) is 15.3. The van der Waals surface area contributed by atoms with E-state index in [0.717, 1.165) is 13.2 Å². The number of nitrogens with one attached hydrogen (secondary N) is 1. The number of hydrogen-bond donors (Lipinski definition) is 2. The van der Waals surface area contributed by atoms with Gasteiger partial charge in [0.05, 0.1) is 17.6 Å². The van der Waals surface area contributed by atoms with E-state index < -0.39 is 28.0 Å². The highest BCUT2D eigenvalue weighted by Crippen LogP contribution is 2.13. The van der Waals surface area contributed by atoms with E-state index in [-0.39, 0.29) is 16.9 Å². The van der Waals surface area contributed by atoms with E-state index in [1.165, 1.54) is 18.2 Å². The van der Waals surface area contributed by atoms with Gasteiger partial charge >= 0.3 is 11.9 Å². The molecule has 0 aliphatic carbocycles. The number of esters is 1. The quantitative estimate of drug-likeness (QED) is 0.745. The second-order valence-corrected chi connectivity index (χ2v) is 5.65. The number of aromatic carboxylic acids is 1. The molecular weight excluding hydrogens is 286 g/mol. The second kappa shape index (κ2) is 6.49. The maximum absolute atomic E-state index is 12.1. The Kier molecular flexibility index (Phi) is 5.23. The van der Waals surface area contributed by atoms with Crippen LogP contribution in [0.1, 0.15) is 23.7 Å². The van der Waals surface area contributed by atoms with Gasteiger partial charge in [-0.25, -0.2) is 13.2 Å². The van der Waals surface area contributed by atoms with Crippen LogP contribution in [0.25, 0.3) is 0 Å². The van der Waals surface area contributed by atoms with Crippen molar-refractivity contribution in [2.45, 2.75) is 24.3 Å². The van der Waals surface area contributed by atoms with Crippen molar-refractivity contribution in [3.63, 3.8) is 0 Å². The molecule has 8 heteroatoms. The summed E-state index contributed by atoms with van der Waals surface area (Å²) in [5, 5.41) is 8.84. The number of rotatable bonds is 6. The van der Waals surface area contributed by atoms with Gasteiger partial charge in [-0.2, -0.15) is 4.72 Å². The molecule has 0 saturated heterocycles. The number of carboxylic acids is 1. The Morgan fingerprint density at radius 2 is 2.05 bits per heavy atom. The molecule has 7 nitrogen and oxygen atoms in total. The van der Waals surface area contributed by atoms with Crippen LogP contribution in [0.3, 0.4) is 0 Å². The van der Waals surface area contributed by atoms with Crippen molar-refractivity contribution in [1.29, 1.82) is 0 Å². The van der Waals surface area contributed by atoms with Gasteiger partial charge in [0.25, 0.3) is 0 Å². The number of carbonyl (C=O) groups is 2. The fourth-order valence-electron chi connectivity index (χ4n) is 1.49. The van der Waals surface area contributed by atoms with Gasteiger partial charge in [-0.3, -0.25) is 4.79 Å². The molecule has 1 unspecified atom stereocenters. The molecule has 0 heterocycles. The first kappa shape index (κ1) is 16.1. The molecule has 2 N–H and O–H groups in total. The van der Waals surface area contributed by atoms with Crippen molar-refractivity contribution in [3.05, 3.63) is 29.8 Å². The topological polar surface area (TPSA) is 110 Å². The largest absolute Gasteiger partial charge is 0.478 e. The third kappa shape index (κ3) is 3.78. The van der Waals surface area contributed by atoms with Crippen LogP contribution in [-0.4, -0.2) is 38.6 Å². The molecule has 1 rings (SSSR count). The van der Waals surface area contributed by atoms with E-state index >= 15 is 0 Å². The summed E-state index contributed by atoms with van der Waals surface area (Å²) < 4.78 is 30.8. The van der Waals surface area contributed by atoms with Crippen LogP contribution in [-0.2, 0) is 19.6 Å². The number of hydrogen-bond acceptors (Lipinski definition) is 5. The maximum Gasteiger partial charge on any atom is 0.335 e. The molecule has 0 aliphatic heterocycles. The third-order valence-corrected chi connectivity index (χ3v) is 4.05. The number of methoxy groups -OCH3 is 1. The lowest BCUT2D eigenvalue weighted by Crippen LogP contribution is -2.40. The molecule has 1 aromatic rings. The van der Waals surface area contributed by atoms with Crippen molar-refractivity contribution >= 4 is 22.0 Å². The molecule has 110 valence electrons. The molecule has 1 aromatic carbocycles. The average Bonchev–Trinajstić information content (AvgIpc) is 2.44. The molecule has 0 amide bonds. The van der Waals surface area contributed by atoms with E-state index in [9.17, 15) is 18.0 Å². The zero-order valence-corrected chi connectivity index (χ0v) is 11.8. The summed E-state index contributed by atoms with van der Waals surface area (Å²) in [4.78, 5) is 22.0. The molecule has 1 atom stereocenters. The minimum Gasteiger partial charge on any atom is -0.478 e. The molecule has 0 fully saturated rings. The third-order valence-electron chi connectivity index (χ3n) is 2.58. The molecule has 0 aliphatic rings. The van der Waals surface area contributed by atoms with Crippen molar-refractivity contribution in [2.24, 2.45) is 0 Å². The number of sulfonamides is 1. The smallest absolute Gasteiger partial charge is 0.335 e. The van der Waals surface area contributed by atoms with E-state index in [0.29, 0.717) is 0 Å². The van der Waals surface area contributed by atoms with Crippen LogP contribution in [0.5, 0.6) is 0 Å². The van der Waals surface area contributed by atoms with Crippen LogP contribution in [0.4, 0.5) is 0 Å². The Bertz CT molecular complexity index is 610. The fourth-order valence-corrected chi connectivity index (χ4v) is 2.81. The summed E-state index contributed by atoms with van der Waals surface area (Å²) in [5.74, 6) is -1.94. The fraction of sp³-hybridized carbons (Fsp3) is 0.333. The highest BCUT2D eigenvalue weighted by molar-refractivity contribution is 7.89. The van der Waals surface area contributed by atoms with Gasteiger partial charge in [-0.15, -0.1) is 0 Å². The Hall–Kier alpha value is -1.93. The highest BCUT2D eigenvalue weighted by atomic mass is 32.2. The summed E-state index contributed by atoms with van der Waals surface area (Å²) in [6.45, 7) is 1.62. The average molecular weight is 301 g/mol. The standard InChI is InChI=1S/C12H15NO6S/c1-3-10(12(16)19-2)13-20(17,18)9-6-4-5-8(7-9)11(14)15/h4-7,10,13H,3H2,1-2H3,(H,14,15). The van der Waals surface area contributed by atoms with Crippen molar-refractivity contribution in [1.82, 2.24) is 4.72 Å². The second-order valence-electron chi connectivity index (χ2n) is 3.94. The lowest BCUT2D eigenvalue weighted by molar-refractivity contribution is -0.142. The van der Waals surface area contributed by atoms with E-state index in [1.807, 2.05) is 0 Å². The Labute approximate surface area is 116 Å². The van der Waals surface area contributed by atoms with Gasteiger partial charge in [-0.1, -0.05) is 13.0 Å². The zero-order valence-electron chi connectivity index (χ0n) is 11.0. The Morgan fingerprint density at radius 3 is 2.55 bits per heavy atom. The van der Waals surface area contributed by atoms with Crippen LogP contribution in [0, 0.1) is 0 Å². The number of carboxylic acid groups (broad SMARTS) is 1. The predicted octanol–water partition coefficient (Wildman–Crippen LogP) is 0.615. The van der Waals surface area contributed by atoms with Crippen LogP contribution < -0.4 is 4.72 Å². The first-order chi connectivity index (χ1) is 9.31. The van der Waals surface area contributed by atoms with Gasteiger partial charge < -0.3 is 9.84 Å². The number of carbonyl (C=O) groups excluding carboxylic acids is 1. The summed E-state index contributed by atoms with van der Waals surface area (Å²) in [6, 6.07) is 3.85. The normalized spacial score (nSPS) is 12.7. The van der Waals surface area contributed by atoms with Crippen LogP contribution in [0.2, 0.25) is 0 Å². The minimum absolute atomic E-state index is 0.154. The van der Waals surface area contributed by atoms with Crippen LogP contribution in [0.15, 0.2) is 29.2 Å². The molecule has 0 radical (unpaired) electrons. The Balaban J connectivity index is 3.07. The van der Waals surface area contributed by atoms with E-state index in [4.69, 9.17) is 5.11 Å². The lowest BCUT2D eigenvalue weighted by Gasteiger charge is -2.14. The number of benzene rings is 1. The summed E-state index contributed by atoms with van der Waals surface area (Å²) in [6.07, 6.45) is 0.213. The predicted molar refractivity (Wildman–Crippen MR) is 69.8 cm³/mol. The van der Waals surface area contributed by atoms with E-state index in [1.54, 1.807) is 6.92 Å². The van der Waals surface area contributed by atoms with Crippen molar-refractivity contribution < 1.29 is 27.9 Å². The van der Waals surface area contributed by atoms with Crippen molar-refractivity contribution in [2.75, 3.05) is 7.11 Å². The maximum atomic E-state index is 12.1. The van der Waals surface area contributed by atoms with Gasteiger partial charge in [0.2, 0.25) is 10.0 Å². The Morgan fingerprint density at radius 1 is 1.40 bits per heavy atom. The van der Waals surface area contributed by atoms with Crippen molar-refractivity contribution in [3.8, 4) is 0 Å². The summed E-state index contributed by atoms with van der Waals surface area (Å²) in [7, 11) is -2.84. The molecule has 0 bridgehead atoms. The van der Waals surface area contributed by atoms with Crippen LogP contribution >= 0.6 is 0 Å². The first-order valence-electron chi connectivity index (χ1n) is 5.75. The van der Waals surface area contributed by atoms with Gasteiger partial charge in [0.15, 0.2) is 0 Å². The first-order valence-corrected chi connectivity index (χ1v) is 7.23. The van der Waals surface area contributed by atoms with Gasteiger partial charge in [0.1, 0.15) is 6.04 Å². The summed E-state index contributed by atoms with van der Waals surface area (Å²) >= 11 is 0. The monoisotopic (exact) mass is 301 g/mol. The molecular formula is C12H15NO6S. The molecule has 0 spiro atoms. The van der Waals surface area contributed by atoms with Gasteiger partial charge in [0, 0.05) is 0 Å². The SMILES string of the molecule is CCC(NS(=O)(=O)c1cccc(C(=O)O)c1)C(=O)OC. The molecule has 0 aromatic heterocycles. The summed E-state index contributed by atoms with van der Waals surface area (Å²) in [5.41, 5.74) is -0.154. The number of ether oxygens (including phenoxy) is 1. The highest BCUT2D eigenvalue weighted by Gasteiger charge is 2.25. The lowest BCUT2D eigenvalue weighted by atomic mass is 10.2. The molecule has 20 heavy (non-hydrogen) atoms. The van der Waals surface area contributed by atoms with E-state index in [2.05, 4.69) is 9.46 Å². The minimum atomic E-state index is -4.00.